The van der Waals surface area contributed by atoms with E-state index in [1.807, 2.05) is 37.3 Å². The lowest BCUT2D eigenvalue weighted by Crippen LogP contribution is -2.34. The number of ether oxygens (including phenoxy) is 1. The molecule has 0 atom stereocenters. The summed E-state index contributed by atoms with van der Waals surface area (Å²) in [5, 5.41) is 6.74. The predicted molar refractivity (Wildman–Crippen MR) is 119 cm³/mol. The molecule has 2 aromatic rings. The largest absolute Gasteiger partial charge is 0.490 e. The van der Waals surface area contributed by atoms with Crippen LogP contribution in [0.1, 0.15) is 43.0 Å². The second-order valence-corrected chi connectivity index (χ2v) is 7.47. The predicted octanol–water partition coefficient (Wildman–Crippen LogP) is 5.23. The van der Waals surface area contributed by atoms with Gasteiger partial charge in [-0.25, -0.2) is 0 Å². The topological polar surface area (TPSA) is 46.2 Å². The number of pyridine rings is 1. The van der Waals surface area contributed by atoms with Crippen molar-refractivity contribution < 1.29 is 9.13 Å². The van der Waals surface area contributed by atoms with E-state index >= 15 is 0 Å². The van der Waals surface area contributed by atoms with Crippen molar-refractivity contribution in [3.63, 3.8) is 0 Å². The molecule has 5 heteroatoms. The highest BCUT2D eigenvalue weighted by molar-refractivity contribution is 5.83. The highest BCUT2D eigenvalue weighted by atomic mass is 19.1. The third-order valence-electron chi connectivity index (χ3n) is 5.05. The summed E-state index contributed by atoms with van der Waals surface area (Å²) in [6, 6.07) is 9.91. The number of alkyl halides is 1. The molecule has 0 unspecified atom stereocenters. The molecule has 0 bridgehead atoms. The summed E-state index contributed by atoms with van der Waals surface area (Å²) < 4.78 is 19.0. The van der Waals surface area contributed by atoms with Gasteiger partial charge in [-0.3, -0.25) is 9.37 Å². The second-order valence-electron chi connectivity index (χ2n) is 7.47. The summed E-state index contributed by atoms with van der Waals surface area (Å²) in [5.41, 5.74) is 5.28. The summed E-state index contributed by atoms with van der Waals surface area (Å²) >= 11 is 0. The van der Waals surface area contributed by atoms with E-state index in [4.69, 9.17) is 4.74 Å². The van der Waals surface area contributed by atoms with Crippen molar-refractivity contribution in [3.8, 4) is 5.75 Å². The van der Waals surface area contributed by atoms with Crippen LogP contribution in [0.15, 0.2) is 49.7 Å². The Hall–Kier alpha value is -2.66. The number of nitrogens with one attached hydrogen (secondary N) is 2. The first kappa shape index (κ1) is 21.1. The lowest BCUT2D eigenvalue weighted by Gasteiger charge is -2.26. The van der Waals surface area contributed by atoms with Gasteiger partial charge in [-0.2, -0.15) is 0 Å². The van der Waals surface area contributed by atoms with Gasteiger partial charge >= 0.3 is 0 Å². The van der Waals surface area contributed by atoms with Crippen LogP contribution in [-0.4, -0.2) is 30.9 Å². The molecule has 1 aliphatic heterocycles. The molecule has 0 saturated carbocycles. The fourth-order valence-electron chi connectivity index (χ4n) is 3.51. The Morgan fingerprint density at radius 2 is 2.07 bits per heavy atom. The molecule has 2 N–H and O–H groups in total. The van der Waals surface area contributed by atoms with E-state index in [0.717, 1.165) is 65.5 Å². The standard InChI is InChI=1S/C24H30FN3O/c1-17(2)24-22(7-5-13-27-24)28-18(3)21-9-8-19(6-4-12-25)16-23(21)29-20-10-14-26-15-11-20/h5,7-9,13,16,20,26,28H,1,3-4,6,10-12,14-15H2,2H3. The molecular weight excluding hydrogens is 365 g/mol. The average molecular weight is 396 g/mol. The second kappa shape index (κ2) is 10.2. The van der Waals surface area contributed by atoms with Crippen molar-refractivity contribution in [2.24, 2.45) is 0 Å². The van der Waals surface area contributed by atoms with Gasteiger partial charge in [0.1, 0.15) is 11.9 Å². The maximum atomic E-state index is 12.6. The molecule has 1 saturated heterocycles. The van der Waals surface area contributed by atoms with Crippen LogP contribution in [-0.2, 0) is 6.42 Å². The van der Waals surface area contributed by atoms with E-state index < -0.39 is 0 Å². The molecule has 1 aromatic carbocycles. The monoisotopic (exact) mass is 395 g/mol. The van der Waals surface area contributed by atoms with Crippen molar-refractivity contribution in [3.05, 3.63) is 66.5 Å². The van der Waals surface area contributed by atoms with Gasteiger partial charge in [0.15, 0.2) is 0 Å². The maximum Gasteiger partial charge on any atom is 0.129 e. The number of hydrogen-bond acceptors (Lipinski definition) is 4. The number of halogens is 1. The van der Waals surface area contributed by atoms with Gasteiger partial charge in [0, 0.05) is 17.5 Å². The van der Waals surface area contributed by atoms with Crippen LogP contribution in [0.25, 0.3) is 11.3 Å². The van der Waals surface area contributed by atoms with Crippen molar-refractivity contribution >= 4 is 17.0 Å². The van der Waals surface area contributed by atoms with Crippen LogP contribution in [0.2, 0.25) is 0 Å². The quantitative estimate of drug-likeness (QED) is 0.610. The number of rotatable bonds is 9. The third kappa shape index (κ3) is 5.67. The van der Waals surface area contributed by atoms with Crippen LogP contribution in [0.3, 0.4) is 0 Å². The van der Waals surface area contributed by atoms with Gasteiger partial charge in [-0.1, -0.05) is 19.2 Å². The molecule has 0 amide bonds. The fraction of sp³-hybridized carbons (Fsp3) is 0.375. The first-order valence-corrected chi connectivity index (χ1v) is 10.2. The first-order chi connectivity index (χ1) is 14.1. The molecule has 0 aliphatic carbocycles. The number of anilines is 1. The van der Waals surface area contributed by atoms with Gasteiger partial charge in [0.05, 0.1) is 18.1 Å². The lowest BCUT2D eigenvalue weighted by molar-refractivity contribution is 0.162. The van der Waals surface area contributed by atoms with Crippen LogP contribution >= 0.6 is 0 Å². The summed E-state index contributed by atoms with van der Waals surface area (Å²) in [4.78, 5) is 4.41. The molecule has 154 valence electrons. The molecule has 0 radical (unpaired) electrons. The maximum absolute atomic E-state index is 12.6. The minimum absolute atomic E-state index is 0.170. The van der Waals surface area contributed by atoms with Crippen LogP contribution in [0.4, 0.5) is 10.1 Å². The Morgan fingerprint density at radius 3 is 2.79 bits per heavy atom. The number of nitrogens with zero attached hydrogens (tertiary/aromatic N) is 1. The smallest absolute Gasteiger partial charge is 0.129 e. The van der Waals surface area contributed by atoms with Crippen LogP contribution in [0.5, 0.6) is 5.75 Å². The summed E-state index contributed by atoms with van der Waals surface area (Å²) in [5.74, 6) is 0.798. The van der Waals surface area contributed by atoms with E-state index in [1.54, 1.807) is 6.20 Å². The Morgan fingerprint density at radius 1 is 1.28 bits per heavy atom. The van der Waals surface area contributed by atoms with Crippen molar-refractivity contribution in [1.82, 2.24) is 10.3 Å². The Kier molecular flexibility index (Phi) is 7.42. The van der Waals surface area contributed by atoms with E-state index in [-0.39, 0.29) is 12.8 Å². The average Bonchev–Trinajstić information content (AvgIpc) is 2.73. The van der Waals surface area contributed by atoms with E-state index in [1.165, 1.54) is 0 Å². The molecule has 3 rings (SSSR count). The molecule has 1 aromatic heterocycles. The molecule has 0 spiro atoms. The molecular formula is C24H30FN3O. The number of hydrogen-bond donors (Lipinski definition) is 2. The van der Waals surface area contributed by atoms with E-state index in [0.29, 0.717) is 12.8 Å². The van der Waals surface area contributed by atoms with Crippen molar-refractivity contribution in [2.75, 3.05) is 25.1 Å². The minimum Gasteiger partial charge on any atom is -0.490 e. The summed E-state index contributed by atoms with van der Waals surface area (Å²) in [7, 11) is 0. The van der Waals surface area contributed by atoms with Gasteiger partial charge in [0.2, 0.25) is 0 Å². The zero-order valence-electron chi connectivity index (χ0n) is 17.1. The lowest BCUT2D eigenvalue weighted by atomic mass is 10.0. The highest BCUT2D eigenvalue weighted by Gasteiger charge is 2.18. The van der Waals surface area contributed by atoms with Gasteiger partial charge in [0.25, 0.3) is 0 Å². The third-order valence-corrected chi connectivity index (χ3v) is 5.05. The minimum atomic E-state index is -0.314. The van der Waals surface area contributed by atoms with E-state index in [2.05, 4.69) is 28.8 Å². The SMILES string of the molecule is C=C(Nc1cccnc1C(=C)C)c1ccc(CCCF)cc1OC1CCNCC1. The zero-order valence-corrected chi connectivity index (χ0v) is 17.1. The van der Waals surface area contributed by atoms with Gasteiger partial charge in [-0.05, 0) is 81.1 Å². The number of piperidine rings is 1. The summed E-state index contributed by atoms with van der Waals surface area (Å²) in [6.45, 7) is 11.8. The number of allylic oxidation sites excluding steroid dienone is 1. The van der Waals surface area contributed by atoms with Gasteiger partial charge in [-0.15, -0.1) is 0 Å². The number of aromatic nitrogens is 1. The zero-order chi connectivity index (χ0) is 20.6. The molecule has 29 heavy (non-hydrogen) atoms. The van der Waals surface area contributed by atoms with Crippen LogP contribution < -0.4 is 15.4 Å². The molecule has 2 heterocycles. The normalized spacial score (nSPS) is 14.4. The first-order valence-electron chi connectivity index (χ1n) is 10.2. The number of aryl methyl sites for hydroxylation is 1. The Bertz CT molecular complexity index is 859. The summed E-state index contributed by atoms with van der Waals surface area (Å²) in [6.07, 6.45) is 5.07. The van der Waals surface area contributed by atoms with Crippen LogP contribution in [0, 0.1) is 0 Å². The van der Waals surface area contributed by atoms with E-state index in [9.17, 15) is 4.39 Å². The Labute approximate surface area is 172 Å². The van der Waals surface area contributed by atoms with Crippen molar-refractivity contribution in [2.45, 2.75) is 38.7 Å². The number of benzene rings is 1. The highest BCUT2D eigenvalue weighted by Crippen LogP contribution is 2.31. The molecule has 1 aliphatic rings. The fourth-order valence-corrected chi connectivity index (χ4v) is 3.51. The molecule has 4 nitrogen and oxygen atoms in total. The van der Waals surface area contributed by atoms with Gasteiger partial charge < -0.3 is 15.4 Å². The Balaban J connectivity index is 1.85. The molecule has 1 fully saturated rings. The van der Waals surface area contributed by atoms with Crippen molar-refractivity contribution in [1.29, 1.82) is 0 Å².